The fourth-order valence-electron chi connectivity index (χ4n) is 3.28. The number of carbonyl (C=O) groups is 1. The van der Waals surface area contributed by atoms with Crippen molar-refractivity contribution in [3.05, 3.63) is 77.0 Å². The number of pyridine rings is 1. The molecule has 1 N–H and O–H groups in total. The SMILES string of the molecule is O=C(NOCc1ccccc1)c1c2c(nc3ccccc13)CCC2. The van der Waals surface area contributed by atoms with Crippen LogP contribution in [0.3, 0.4) is 0 Å². The number of benzene rings is 2. The van der Waals surface area contributed by atoms with Gasteiger partial charge in [-0.2, -0.15) is 0 Å². The van der Waals surface area contributed by atoms with E-state index >= 15 is 0 Å². The fourth-order valence-corrected chi connectivity index (χ4v) is 3.28. The first-order valence-electron chi connectivity index (χ1n) is 8.19. The smallest absolute Gasteiger partial charge is 0.269 e. The van der Waals surface area contributed by atoms with Gasteiger partial charge in [-0.15, -0.1) is 0 Å². The van der Waals surface area contributed by atoms with Crippen molar-refractivity contribution in [2.24, 2.45) is 0 Å². The zero-order valence-corrected chi connectivity index (χ0v) is 13.3. The summed E-state index contributed by atoms with van der Waals surface area (Å²) in [7, 11) is 0. The monoisotopic (exact) mass is 318 g/mol. The zero-order valence-electron chi connectivity index (χ0n) is 13.3. The second-order valence-corrected chi connectivity index (χ2v) is 5.99. The summed E-state index contributed by atoms with van der Waals surface area (Å²) in [6, 6.07) is 17.6. The highest BCUT2D eigenvalue weighted by molar-refractivity contribution is 6.07. The Morgan fingerprint density at radius 3 is 2.71 bits per heavy atom. The number of nitrogens with one attached hydrogen (secondary N) is 1. The molecule has 4 heteroatoms. The molecular weight excluding hydrogens is 300 g/mol. The van der Waals surface area contributed by atoms with Gasteiger partial charge in [-0.3, -0.25) is 14.6 Å². The minimum Gasteiger partial charge on any atom is -0.269 e. The molecule has 0 saturated carbocycles. The second-order valence-electron chi connectivity index (χ2n) is 5.99. The molecule has 0 atom stereocenters. The van der Waals surface area contributed by atoms with Gasteiger partial charge < -0.3 is 0 Å². The lowest BCUT2D eigenvalue weighted by atomic mass is 10.0. The summed E-state index contributed by atoms with van der Waals surface area (Å²) >= 11 is 0. The van der Waals surface area contributed by atoms with Crippen molar-refractivity contribution in [2.45, 2.75) is 25.9 Å². The lowest BCUT2D eigenvalue weighted by Gasteiger charge is -2.12. The van der Waals surface area contributed by atoms with Crippen molar-refractivity contribution in [1.82, 2.24) is 10.5 Å². The molecule has 0 spiro atoms. The minimum absolute atomic E-state index is 0.192. The van der Waals surface area contributed by atoms with Gasteiger partial charge in [-0.1, -0.05) is 48.5 Å². The average molecular weight is 318 g/mol. The van der Waals surface area contributed by atoms with Crippen LogP contribution >= 0.6 is 0 Å². The molecule has 24 heavy (non-hydrogen) atoms. The van der Waals surface area contributed by atoms with Crippen LogP contribution in [-0.2, 0) is 24.3 Å². The van der Waals surface area contributed by atoms with Gasteiger partial charge in [-0.05, 0) is 36.5 Å². The maximum absolute atomic E-state index is 12.7. The number of aromatic nitrogens is 1. The van der Waals surface area contributed by atoms with Crippen LogP contribution in [-0.4, -0.2) is 10.9 Å². The van der Waals surface area contributed by atoms with E-state index in [0.29, 0.717) is 12.2 Å². The Balaban J connectivity index is 1.60. The first-order valence-corrected chi connectivity index (χ1v) is 8.19. The van der Waals surface area contributed by atoms with Gasteiger partial charge in [0.2, 0.25) is 0 Å². The molecule has 0 aliphatic heterocycles. The van der Waals surface area contributed by atoms with Crippen molar-refractivity contribution in [3.8, 4) is 0 Å². The van der Waals surface area contributed by atoms with Crippen LogP contribution in [0.4, 0.5) is 0 Å². The summed E-state index contributed by atoms with van der Waals surface area (Å²) in [5.41, 5.74) is 7.30. The van der Waals surface area contributed by atoms with Crippen molar-refractivity contribution < 1.29 is 9.63 Å². The maximum atomic E-state index is 12.7. The maximum Gasteiger partial charge on any atom is 0.275 e. The van der Waals surface area contributed by atoms with Crippen LogP contribution in [0.1, 0.15) is 33.6 Å². The molecule has 120 valence electrons. The number of hydroxylamine groups is 1. The van der Waals surface area contributed by atoms with Gasteiger partial charge in [-0.25, -0.2) is 5.48 Å². The summed E-state index contributed by atoms with van der Waals surface area (Å²) in [4.78, 5) is 22.9. The number of hydrogen-bond acceptors (Lipinski definition) is 3. The number of nitrogens with zero attached hydrogens (tertiary/aromatic N) is 1. The van der Waals surface area contributed by atoms with Gasteiger partial charge in [0, 0.05) is 11.1 Å². The van der Waals surface area contributed by atoms with Crippen LogP contribution in [0, 0.1) is 0 Å². The highest BCUT2D eigenvalue weighted by Crippen LogP contribution is 2.29. The van der Waals surface area contributed by atoms with E-state index in [2.05, 4.69) is 5.48 Å². The van der Waals surface area contributed by atoms with Crippen molar-refractivity contribution >= 4 is 16.8 Å². The van der Waals surface area contributed by atoms with Crippen LogP contribution in [0.25, 0.3) is 10.9 Å². The Labute approximate surface area is 140 Å². The Bertz CT molecular complexity index is 891. The summed E-state index contributed by atoms with van der Waals surface area (Å²) in [6.45, 7) is 0.345. The molecule has 1 aromatic heterocycles. The molecule has 1 aliphatic carbocycles. The predicted molar refractivity (Wildman–Crippen MR) is 92.5 cm³/mol. The normalized spacial score (nSPS) is 13.0. The topological polar surface area (TPSA) is 51.2 Å². The first-order chi connectivity index (χ1) is 11.8. The molecule has 4 rings (SSSR count). The number of aryl methyl sites for hydroxylation is 1. The summed E-state index contributed by atoms with van der Waals surface area (Å²) in [5.74, 6) is -0.192. The number of fused-ring (bicyclic) bond motifs is 2. The second kappa shape index (κ2) is 6.42. The highest BCUT2D eigenvalue weighted by atomic mass is 16.6. The van der Waals surface area contributed by atoms with Gasteiger partial charge in [0.1, 0.15) is 0 Å². The number of amides is 1. The number of rotatable bonds is 4. The van der Waals surface area contributed by atoms with E-state index in [1.165, 1.54) is 0 Å². The Morgan fingerprint density at radius 1 is 1.04 bits per heavy atom. The van der Waals surface area contributed by atoms with Gasteiger partial charge >= 0.3 is 0 Å². The molecule has 1 heterocycles. The summed E-state index contributed by atoms with van der Waals surface area (Å²) in [6.07, 6.45) is 2.88. The molecule has 1 amide bonds. The Hall–Kier alpha value is -2.72. The quantitative estimate of drug-likeness (QED) is 0.748. The van der Waals surface area contributed by atoms with Crippen LogP contribution < -0.4 is 5.48 Å². The van der Waals surface area contributed by atoms with E-state index < -0.39 is 0 Å². The third-order valence-electron chi connectivity index (χ3n) is 4.39. The molecule has 4 nitrogen and oxygen atoms in total. The molecule has 3 aromatic rings. The summed E-state index contributed by atoms with van der Waals surface area (Å²) in [5, 5.41) is 0.888. The molecule has 0 fully saturated rings. The van der Waals surface area contributed by atoms with E-state index in [9.17, 15) is 4.79 Å². The molecule has 0 radical (unpaired) electrons. The van der Waals surface area contributed by atoms with E-state index in [1.54, 1.807) is 0 Å². The Morgan fingerprint density at radius 2 is 1.83 bits per heavy atom. The molecule has 0 bridgehead atoms. The summed E-state index contributed by atoms with van der Waals surface area (Å²) < 4.78 is 0. The molecular formula is C20H18N2O2. The average Bonchev–Trinajstić information content (AvgIpc) is 3.08. The third-order valence-corrected chi connectivity index (χ3v) is 4.39. The van der Waals surface area contributed by atoms with Crippen LogP contribution in [0.2, 0.25) is 0 Å². The van der Waals surface area contributed by atoms with Crippen LogP contribution in [0.15, 0.2) is 54.6 Å². The minimum atomic E-state index is -0.192. The largest absolute Gasteiger partial charge is 0.275 e. The molecule has 0 unspecified atom stereocenters. The van der Waals surface area contributed by atoms with Crippen molar-refractivity contribution in [1.29, 1.82) is 0 Å². The van der Waals surface area contributed by atoms with Crippen molar-refractivity contribution in [3.63, 3.8) is 0 Å². The fraction of sp³-hybridized carbons (Fsp3) is 0.200. The number of hydrogen-bond donors (Lipinski definition) is 1. The van der Waals surface area contributed by atoms with Crippen LogP contribution in [0.5, 0.6) is 0 Å². The number of carbonyl (C=O) groups excluding carboxylic acids is 1. The van der Waals surface area contributed by atoms with Crippen molar-refractivity contribution in [2.75, 3.05) is 0 Å². The number of para-hydroxylation sites is 1. The molecule has 0 saturated heterocycles. The van der Waals surface area contributed by atoms with Gasteiger partial charge in [0.25, 0.3) is 5.91 Å². The molecule has 2 aromatic carbocycles. The lowest BCUT2D eigenvalue weighted by molar-refractivity contribution is 0.0234. The standard InChI is InChI=1S/C20H18N2O2/c23-20(22-24-13-14-7-2-1-3-8-14)19-15-9-4-5-11-17(15)21-18-12-6-10-16(18)19/h1-5,7-9,11H,6,10,12-13H2,(H,22,23). The van der Waals surface area contributed by atoms with E-state index in [4.69, 9.17) is 9.82 Å². The van der Waals surface area contributed by atoms with Gasteiger partial charge in [0.05, 0.1) is 17.7 Å². The molecule has 1 aliphatic rings. The Kier molecular flexibility index (Phi) is 3.97. The lowest BCUT2D eigenvalue weighted by Crippen LogP contribution is -2.25. The van der Waals surface area contributed by atoms with E-state index in [-0.39, 0.29) is 5.91 Å². The highest BCUT2D eigenvalue weighted by Gasteiger charge is 2.23. The van der Waals surface area contributed by atoms with E-state index in [0.717, 1.165) is 47.0 Å². The first kappa shape index (κ1) is 14.8. The predicted octanol–water partition coefficient (Wildman–Crippen LogP) is 3.59. The zero-order chi connectivity index (χ0) is 16.4. The third kappa shape index (κ3) is 2.76. The van der Waals surface area contributed by atoms with Gasteiger partial charge in [0.15, 0.2) is 0 Å². The van der Waals surface area contributed by atoms with E-state index in [1.807, 2.05) is 54.6 Å².